The number of hydrogen-bond acceptors (Lipinski definition) is 3. The maximum absolute atomic E-state index is 15.1. The van der Waals surface area contributed by atoms with E-state index in [4.69, 9.17) is 0 Å². The summed E-state index contributed by atoms with van der Waals surface area (Å²) in [5.74, 6) is -0.244. The van der Waals surface area contributed by atoms with Gasteiger partial charge in [-0.2, -0.15) is 5.26 Å². The second-order valence-corrected chi connectivity index (χ2v) is 11.5. The van der Waals surface area contributed by atoms with Gasteiger partial charge < -0.3 is 0 Å². The molecule has 0 fully saturated rings. The van der Waals surface area contributed by atoms with Crippen molar-refractivity contribution < 1.29 is 4.39 Å². The maximum atomic E-state index is 15.1. The first-order valence-electron chi connectivity index (χ1n) is 12.6. The first-order valence-corrected chi connectivity index (χ1v) is 13.4. The minimum absolute atomic E-state index is 0.244. The van der Waals surface area contributed by atoms with Gasteiger partial charge in [0.15, 0.2) is 0 Å². The highest BCUT2D eigenvalue weighted by Gasteiger charge is 2.21. The number of aromatic nitrogens is 1. The molecule has 0 saturated heterocycles. The molecule has 4 aromatic carbocycles. The summed E-state index contributed by atoms with van der Waals surface area (Å²) in [6, 6.07) is 32.6. The van der Waals surface area contributed by atoms with E-state index in [1.807, 2.05) is 63.2 Å². The van der Waals surface area contributed by atoms with Crippen LogP contribution in [0.15, 0.2) is 97.2 Å². The summed E-state index contributed by atoms with van der Waals surface area (Å²) in [7, 11) is 0. The summed E-state index contributed by atoms with van der Waals surface area (Å²) in [5, 5.41) is 12.2. The van der Waals surface area contributed by atoms with Crippen LogP contribution in [0.25, 0.3) is 53.7 Å². The van der Waals surface area contributed by atoms with Crippen molar-refractivity contribution in [1.82, 2.24) is 4.98 Å². The standard InChI is InChI=1S/C34H25FN2S/c1-34(2,3)28-20-37-30(18-29(28)35)27-11-7-10-25-26-17-16-24(19-36)31(33(26)38-32(25)27)23-14-12-22(13-15-23)21-8-5-4-6-9-21/h4-18,20H,1-3H3. The van der Waals surface area contributed by atoms with Gasteiger partial charge in [0.25, 0.3) is 0 Å². The highest BCUT2D eigenvalue weighted by molar-refractivity contribution is 7.26. The summed E-state index contributed by atoms with van der Waals surface area (Å²) < 4.78 is 17.2. The highest BCUT2D eigenvalue weighted by atomic mass is 32.1. The summed E-state index contributed by atoms with van der Waals surface area (Å²) in [4.78, 5) is 4.66. The van der Waals surface area contributed by atoms with Gasteiger partial charge in [0.2, 0.25) is 0 Å². The van der Waals surface area contributed by atoms with Crippen LogP contribution in [0.2, 0.25) is 0 Å². The van der Waals surface area contributed by atoms with Crippen LogP contribution in [0.4, 0.5) is 4.39 Å². The summed E-state index contributed by atoms with van der Waals surface area (Å²) >= 11 is 1.64. The Hall–Kier alpha value is -4.33. The molecule has 38 heavy (non-hydrogen) atoms. The molecule has 0 atom stereocenters. The van der Waals surface area contributed by atoms with Crippen LogP contribution in [0, 0.1) is 17.1 Å². The Balaban J connectivity index is 1.54. The quantitative estimate of drug-likeness (QED) is 0.237. The summed E-state index contributed by atoms with van der Waals surface area (Å²) in [6.45, 7) is 5.96. The number of pyridine rings is 1. The monoisotopic (exact) mass is 512 g/mol. The predicted octanol–water partition coefficient (Wildman–Crippen LogP) is 9.76. The molecule has 0 spiro atoms. The van der Waals surface area contributed by atoms with E-state index in [2.05, 4.69) is 53.5 Å². The molecule has 0 radical (unpaired) electrons. The second-order valence-electron chi connectivity index (χ2n) is 10.5. The fourth-order valence-electron chi connectivity index (χ4n) is 5.03. The predicted molar refractivity (Wildman–Crippen MR) is 157 cm³/mol. The molecule has 0 amide bonds. The number of thiophene rings is 1. The molecule has 2 aromatic heterocycles. The molecule has 2 nitrogen and oxygen atoms in total. The van der Waals surface area contributed by atoms with E-state index in [0.717, 1.165) is 48.0 Å². The molecule has 184 valence electrons. The van der Waals surface area contributed by atoms with Crippen molar-refractivity contribution in [3.8, 4) is 39.6 Å². The molecule has 6 rings (SSSR count). The lowest BCUT2D eigenvalue weighted by molar-refractivity contribution is 0.520. The summed E-state index contributed by atoms with van der Waals surface area (Å²) in [5.41, 5.74) is 6.64. The van der Waals surface area contributed by atoms with E-state index in [1.165, 1.54) is 0 Å². The highest BCUT2D eigenvalue weighted by Crippen LogP contribution is 2.45. The first-order chi connectivity index (χ1) is 18.3. The third kappa shape index (κ3) is 4.06. The van der Waals surface area contributed by atoms with E-state index in [1.54, 1.807) is 23.6 Å². The van der Waals surface area contributed by atoms with Gasteiger partial charge in [-0.3, -0.25) is 4.98 Å². The molecule has 0 saturated carbocycles. The average Bonchev–Trinajstić information content (AvgIpc) is 3.31. The smallest absolute Gasteiger partial charge is 0.130 e. The van der Waals surface area contributed by atoms with Crippen LogP contribution < -0.4 is 0 Å². The van der Waals surface area contributed by atoms with Gasteiger partial charge >= 0.3 is 0 Å². The SMILES string of the molecule is CC(C)(C)c1cnc(-c2cccc3c2sc2c(-c4ccc(-c5ccccc5)cc4)c(C#N)ccc23)cc1F. The lowest BCUT2D eigenvalue weighted by Gasteiger charge is -2.19. The van der Waals surface area contributed by atoms with Gasteiger partial charge in [-0.1, -0.05) is 99.6 Å². The van der Waals surface area contributed by atoms with Crippen molar-refractivity contribution in [2.45, 2.75) is 26.2 Å². The number of halogens is 1. The van der Waals surface area contributed by atoms with Gasteiger partial charge in [-0.05, 0) is 28.2 Å². The molecule has 0 aliphatic carbocycles. The van der Waals surface area contributed by atoms with Gasteiger partial charge in [-0.15, -0.1) is 11.3 Å². The Bertz CT molecular complexity index is 1850. The number of benzene rings is 4. The lowest BCUT2D eigenvalue weighted by atomic mass is 9.87. The van der Waals surface area contributed by atoms with E-state index < -0.39 is 0 Å². The Labute approximate surface area is 225 Å². The van der Waals surface area contributed by atoms with Crippen LogP contribution in [-0.4, -0.2) is 4.98 Å². The van der Waals surface area contributed by atoms with Crippen molar-refractivity contribution >= 4 is 31.5 Å². The number of nitriles is 1. The molecule has 0 aliphatic rings. The van der Waals surface area contributed by atoms with Crippen LogP contribution >= 0.6 is 11.3 Å². The third-order valence-electron chi connectivity index (χ3n) is 7.01. The molecule has 0 bridgehead atoms. The van der Waals surface area contributed by atoms with Crippen molar-refractivity contribution in [1.29, 1.82) is 5.26 Å². The molecule has 2 heterocycles. The summed E-state index contributed by atoms with van der Waals surface area (Å²) in [6.07, 6.45) is 1.66. The molecule has 0 unspecified atom stereocenters. The average molecular weight is 513 g/mol. The van der Waals surface area contributed by atoms with Gasteiger partial charge in [0.1, 0.15) is 5.82 Å². The van der Waals surface area contributed by atoms with Crippen LogP contribution in [0.3, 0.4) is 0 Å². The fraction of sp³-hybridized carbons (Fsp3) is 0.118. The third-order valence-corrected chi connectivity index (χ3v) is 8.28. The molecule has 6 aromatic rings. The molecule has 0 aliphatic heterocycles. The Kier molecular flexibility index (Phi) is 5.82. The zero-order valence-corrected chi connectivity index (χ0v) is 22.2. The zero-order chi connectivity index (χ0) is 26.4. The number of rotatable bonds is 3. The lowest BCUT2D eigenvalue weighted by Crippen LogP contribution is -2.14. The van der Waals surface area contributed by atoms with E-state index >= 15 is 4.39 Å². The minimum atomic E-state index is -0.322. The van der Waals surface area contributed by atoms with Gasteiger partial charge in [0.05, 0.1) is 17.3 Å². The van der Waals surface area contributed by atoms with Gasteiger partial charge in [-0.25, -0.2) is 4.39 Å². The van der Waals surface area contributed by atoms with Crippen molar-refractivity contribution in [2.75, 3.05) is 0 Å². The second kappa shape index (κ2) is 9.20. The van der Waals surface area contributed by atoms with Crippen LogP contribution in [0.1, 0.15) is 31.9 Å². The molecule has 4 heteroatoms. The van der Waals surface area contributed by atoms with Crippen molar-refractivity contribution in [3.63, 3.8) is 0 Å². The normalized spacial score (nSPS) is 11.7. The molecular formula is C34H25FN2S. The van der Waals surface area contributed by atoms with Crippen LogP contribution in [0.5, 0.6) is 0 Å². The molecular weight excluding hydrogens is 487 g/mol. The van der Waals surface area contributed by atoms with Crippen LogP contribution in [-0.2, 0) is 5.41 Å². The Morgan fingerprint density at radius 1 is 0.763 bits per heavy atom. The fourth-order valence-corrected chi connectivity index (χ4v) is 6.43. The minimum Gasteiger partial charge on any atom is -0.256 e. The topological polar surface area (TPSA) is 36.7 Å². The van der Waals surface area contributed by atoms with E-state index in [9.17, 15) is 5.26 Å². The molecule has 0 N–H and O–H groups in total. The van der Waals surface area contributed by atoms with E-state index in [0.29, 0.717) is 16.8 Å². The number of nitrogens with zero attached hydrogens (tertiary/aromatic N) is 2. The van der Waals surface area contributed by atoms with Crippen molar-refractivity contribution in [3.05, 3.63) is 114 Å². The number of hydrogen-bond donors (Lipinski definition) is 0. The first kappa shape index (κ1) is 24.0. The largest absolute Gasteiger partial charge is 0.256 e. The van der Waals surface area contributed by atoms with Crippen molar-refractivity contribution in [2.24, 2.45) is 0 Å². The van der Waals surface area contributed by atoms with E-state index in [-0.39, 0.29) is 11.2 Å². The zero-order valence-electron chi connectivity index (χ0n) is 21.4. The Morgan fingerprint density at radius 3 is 2.13 bits per heavy atom. The number of fused-ring (bicyclic) bond motifs is 3. The Morgan fingerprint density at radius 2 is 1.45 bits per heavy atom. The maximum Gasteiger partial charge on any atom is 0.130 e. The van der Waals surface area contributed by atoms with Gasteiger partial charge in [0, 0.05) is 49.1 Å².